The molecule has 0 bridgehead atoms. The first-order chi connectivity index (χ1) is 12.2. The van der Waals surface area contributed by atoms with Crippen molar-refractivity contribution in [3.05, 3.63) is 64.7 Å². The quantitative estimate of drug-likeness (QED) is 0.755. The van der Waals surface area contributed by atoms with Gasteiger partial charge in [-0.3, -0.25) is 9.52 Å². The average Bonchev–Trinajstić information content (AvgIpc) is 2.54. The van der Waals surface area contributed by atoms with E-state index in [1.807, 2.05) is 43.3 Å². The normalized spacial score (nSPS) is 12.7. The van der Waals surface area contributed by atoms with Crippen molar-refractivity contribution in [3.63, 3.8) is 0 Å². The number of halogens is 1. The van der Waals surface area contributed by atoms with Crippen molar-refractivity contribution in [1.29, 1.82) is 0 Å². The van der Waals surface area contributed by atoms with Crippen molar-refractivity contribution < 1.29 is 13.2 Å². The summed E-state index contributed by atoms with van der Waals surface area (Å²) >= 11 is 6.27. The van der Waals surface area contributed by atoms with Crippen LogP contribution in [0.5, 0.6) is 0 Å². The molecule has 0 spiro atoms. The van der Waals surface area contributed by atoms with E-state index >= 15 is 0 Å². The third kappa shape index (κ3) is 5.72. The summed E-state index contributed by atoms with van der Waals surface area (Å²) < 4.78 is 25.0. The second-order valence-electron chi connectivity index (χ2n) is 6.17. The molecule has 2 rings (SSSR count). The van der Waals surface area contributed by atoms with Crippen LogP contribution in [0.4, 0.5) is 5.69 Å². The van der Waals surface area contributed by atoms with Gasteiger partial charge in [-0.15, -0.1) is 0 Å². The maximum atomic E-state index is 12.5. The van der Waals surface area contributed by atoms with E-state index in [2.05, 4.69) is 10.0 Å². The molecular formula is C18H22ClN3O3S. The van der Waals surface area contributed by atoms with Crippen molar-refractivity contribution in [2.24, 2.45) is 0 Å². The first-order valence-electron chi connectivity index (χ1n) is 7.94. The van der Waals surface area contributed by atoms with Gasteiger partial charge in [-0.1, -0.05) is 35.9 Å². The fourth-order valence-electron chi connectivity index (χ4n) is 2.55. The number of amides is 1. The molecule has 0 saturated carbocycles. The zero-order valence-electron chi connectivity index (χ0n) is 14.9. The van der Waals surface area contributed by atoms with E-state index in [9.17, 15) is 13.2 Å². The number of hydrogen-bond acceptors (Lipinski definition) is 4. The highest BCUT2D eigenvalue weighted by Crippen LogP contribution is 2.25. The van der Waals surface area contributed by atoms with Gasteiger partial charge in [-0.2, -0.15) is 0 Å². The molecule has 0 saturated heterocycles. The van der Waals surface area contributed by atoms with Crippen LogP contribution in [0.2, 0.25) is 5.02 Å². The van der Waals surface area contributed by atoms with Gasteiger partial charge >= 0.3 is 0 Å². The number of rotatable bonds is 7. The Morgan fingerprint density at radius 1 is 1.15 bits per heavy atom. The van der Waals surface area contributed by atoms with Crippen LogP contribution in [0.3, 0.4) is 0 Å². The van der Waals surface area contributed by atoms with Gasteiger partial charge in [-0.25, -0.2) is 8.42 Å². The molecule has 6 nitrogen and oxygen atoms in total. The molecule has 1 unspecified atom stereocenters. The summed E-state index contributed by atoms with van der Waals surface area (Å²) in [4.78, 5) is 14.4. The molecule has 0 aromatic heterocycles. The lowest BCUT2D eigenvalue weighted by molar-refractivity contribution is 0.0942. The van der Waals surface area contributed by atoms with E-state index in [0.29, 0.717) is 22.8 Å². The number of benzene rings is 2. The maximum Gasteiger partial charge on any atom is 0.251 e. The first-order valence-corrected chi connectivity index (χ1v) is 10.2. The molecule has 26 heavy (non-hydrogen) atoms. The molecule has 0 aliphatic heterocycles. The smallest absolute Gasteiger partial charge is 0.251 e. The molecule has 1 amide bonds. The fraction of sp³-hybridized carbons (Fsp3) is 0.278. The third-order valence-corrected chi connectivity index (χ3v) is 4.72. The summed E-state index contributed by atoms with van der Waals surface area (Å²) in [7, 11) is 0.427. The topological polar surface area (TPSA) is 78.5 Å². The Labute approximate surface area is 159 Å². The number of carbonyl (C=O) groups is 1. The summed E-state index contributed by atoms with van der Waals surface area (Å²) in [6.45, 7) is 0.360. The number of anilines is 1. The van der Waals surface area contributed by atoms with Gasteiger partial charge in [0.1, 0.15) is 0 Å². The van der Waals surface area contributed by atoms with E-state index in [1.165, 1.54) is 6.07 Å². The molecule has 2 N–H and O–H groups in total. The average molecular weight is 396 g/mol. The Bertz CT molecular complexity index is 885. The zero-order valence-corrected chi connectivity index (χ0v) is 16.4. The van der Waals surface area contributed by atoms with E-state index in [1.54, 1.807) is 18.2 Å². The van der Waals surface area contributed by atoms with E-state index in [0.717, 1.165) is 11.8 Å². The predicted octanol–water partition coefficient (Wildman–Crippen LogP) is 2.74. The minimum absolute atomic E-state index is 0.0926. The second kappa shape index (κ2) is 8.53. The number of nitrogens with one attached hydrogen (secondary N) is 2. The Balaban J connectivity index is 2.12. The largest absolute Gasteiger partial charge is 0.350 e. The molecule has 0 fully saturated rings. The molecule has 2 aromatic rings. The molecule has 140 valence electrons. The van der Waals surface area contributed by atoms with Crippen LogP contribution in [0.25, 0.3) is 0 Å². The summed E-state index contributed by atoms with van der Waals surface area (Å²) in [6.07, 6.45) is 1.06. The fourth-order valence-corrected chi connectivity index (χ4v) is 3.36. The van der Waals surface area contributed by atoms with Crippen molar-refractivity contribution >= 4 is 33.2 Å². The van der Waals surface area contributed by atoms with E-state index in [4.69, 9.17) is 11.6 Å². The van der Waals surface area contributed by atoms with Gasteiger partial charge in [0.2, 0.25) is 10.0 Å². The Kier molecular flexibility index (Phi) is 6.63. The van der Waals surface area contributed by atoms with Crippen LogP contribution in [0.15, 0.2) is 48.5 Å². The second-order valence-corrected chi connectivity index (χ2v) is 8.32. The van der Waals surface area contributed by atoms with Crippen LogP contribution < -0.4 is 10.0 Å². The summed E-state index contributed by atoms with van der Waals surface area (Å²) in [6, 6.07) is 13.7. The lowest BCUT2D eigenvalue weighted by atomic mass is 10.1. The van der Waals surface area contributed by atoms with Crippen LogP contribution in [-0.2, 0) is 10.0 Å². The Morgan fingerprint density at radius 2 is 1.85 bits per heavy atom. The molecule has 8 heteroatoms. The minimum Gasteiger partial charge on any atom is -0.350 e. The number of sulfonamides is 1. The molecule has 2 aromatic carbocycles. The van der Waals surface area contributed by atoms with Crippen LogP contribution in [0.1, 0.15) is 22.0 Å². The molecule has 1 atom stereocenters. The van der Waals surface area contributed by atoms with Gasteiger partial charge < -0.3 is 10.2 Å². The lowest BCUT2D eigenvalue weighted by Gasteiger charge is -2.26. The third-order valence-electron chi connectivity index (χ3n) is 3.77. The van der Waals surface area contributed by atoms with Crippen molar-refractivity contribution in [2.45, 2.75) is 6.04 Å². The highest BCUT2D eigenvalue weighted by Gasteiger charge is 2.18. The number of hydrogen-bond donors (Lipinski definition) is 2. The molecule has 0 aliphatic carbocycles. The SMILES string of the molecule is CN(C)C(CNC(=O)c1cccc(NS(C)(=O)=O)c1)c1ccccc1Cl. The Morgan fingerprint density at radius 3 is 2.46 bits per heavy atom. The zero-order chi connectivity index (χ0) is 19.3. The van der Waals surface area contributed by atoms with Crippen molar-refractivity contribution in [1.82, 2.24) is 10.2 Å². The Hall–Kier alpha value is -2.09. The van der Waals surface area contributed by atoms with Gasteiger partial charge in [0, 0.05) is 22.8 Å². The molecule has 0 aliphatic rings. The van der Waals surface area contributed by atoms with Crippen LogP contribution in [-0.4, -0.2) is 46.1 Å². The van der Waals surface area contributed by atoms with Gasteiger partial charge in [0.15, 0.2) is 0 Å². The molecule has 0 heterocycles. The standard InChI is InChI=1S/C18H22ClN3O3S/c1-22(2)17(15-9-4-5-10-16(15)19)12-20-18(23)13-7-6-8-14(11-13)21-26(3,24)25/h4-11,17,21H,12H2,1-3H3,(H,20,23). The molecular weight excluding hydrogens is 374 g/mol. The summed E-state index contributed by atoms with van der Waals surface area (Å²) in [5.74, 6) is -0.291. The summed E-state index contributed by atoms with van der Waals surface area (Å²) in [5.41, 5.74) is 1.64. The minimum atomic E-state index is -3.40. The maximum absolute atomic E-state index is 12.5. The van der Waals surface area contributed by atoms with Crippen LogP contribution in [0, 0.1) is 0 Å². The van der Waals surface area contributed by atoms with Gasteiger partial charge in [0.05, 0.1) is 12.3 Å². The highest BCUT2D eigenvalue weighted by molar-refractivity contribution is 7.92. The van der Waals surface area contributed by atoms with E-state index in [-0.39, 0.29) is 11.9 Å². The van der Waals surface area contributed by atoms with Crippen molar-refractivity contribution in [2.75, 3.05) is 31.6 Å². The monoisotopic (exact) mass is 395 g/mol. The van der Waals surface area contributed by atoms with Crippen molar-refractivity contribution in [3.8, 4) is 0 Å². The van der Waals surface area contributed by atoms with Crippen LogP contribution >= 0.6 is 11.6 Å². The number of nitrogens with zero attached hydrogens (tertiary/aromatic N) is 1. The highest BCUT2D eigenvalue weighted by atomic mass is 35.5. The molecule has 0 radical (unpaired) electrons. The number of carbonyl (C=O) groups excluding carboxylic acids is 1. The van der Waals surface area contributed by atoms with Gasteiger partial charge in [-0.05, 0) is 43.9 Å². The summed E-state index contributed by atoms with van der Waals surface area (Å²) in [5, 5.41) is 3.52. The first kappa shape index (κ1) is 20.2. The number of likely N-dealkylation sites (N-methyl/N-ethyl adjacent to an activating group) is 1. The van der Waals surface area contributed by atoms with E-state index < -0.39 is 10.0 Å². The lowest BCUT2D eigenvalue weighted by Crippen LogP contribution is -2.34. The predicted molar refractivity (Wildman–Crippen MR) is 105 cm³/mol. The van der Waals surface area contributed by atoms with Gasteiger partial charge in [0.25, 0.3) is 5.91 Å².